The van der Waals surface area contributed by atoms with E-state index in [9.17, 15) is 0 Å². The predicted molar refractivity (Wildman–Crippen MR) is 34.7 cm³/mol. The molecule has 0 amide bonds. The summed E-state index contributed by atoms with van der Waals surface area (Å²) >= 11 is 0. The van der Waals surface area contributed by atoms with Crippen LogP contribution in [0.3, 0.4) is 0 Å². The van der Waals surface area contributed by atoms with Crippen LogP contribution < -0.4 is 0 Å². The molecule has 0 bridgehead atoms. The van der Waals surface area contributed by atoms with Gasteiger partial charge in [0.05, 0.1) is 0 Å². The fourth-order valence-corrected chi connectivity index (χ4v) is 0.645. The Balaban J connectivity index is 3.12. The van der Waals surface area contributed by atoms with E-state index >= 15 is 0 Å². The SMILES string of the molecule is Cc1cc[c-]c(C#N)c1. The maximum Gasteiger partial charge on any atom is -0.0282 e. The van der Waals surface area contributed by atoms with Gasteiger partial charge >= 0.3 is 0 Å². The van der Waals surface area contributed by atoms with Gasteiger partial charge in [0.1, 0.15) is 0 Å². The summed E-state index contributed by atoms with van der Waals surface area (Å²) in [5.74, 6) is 0. The number of aryl methyl sites for hydroxylation is 1. The van der Waals surface area contributed by atoms with E-state index in [0.29, 0.717) is 5.56 Å². The average molecular weight is 116 g/mol. The van der Waals surface area contributed by atoms with Crippen molar-refractivity contribution in [2.75, 3.05) is 0 Å². The number of benzene rings is 1. The van der Waals surface area contributed by atoms with Crippen LogP contribution >= 0.6 is 0 Å². The van der Waals surface area contributed by atoms with Gasteiger partial charge in [-0.2, -0.15) is 0 Å². The van der Waals surface area contributed by atoms with Gasteiger partial charge in [0.25, 0.3) is 0 Å². The van der Waals surface area contributed by atoms with E-state index in [1.54, 1.807) is 12.1 Å². The van der Waals surface area contributed by atoms with Gasteiger partial charge in [-0.25, -0.2) is 0 Å². The Hall–Kier alpha value is -1.29. The van der Waals surface area contributed by atoms with E-state index in [0.717, 1.165) is 5.56 Å². The zero-order valence-electron chi connectivity index (χ0n) is 5.18. The predicted octanol–water partition coefficient (Wildman–Crippen LogP) is 1.67. The van der Waals surface area contributed by atoms with Gasteiger partial charge in [-0.05, 0) is 6.07 Å². The van der Waals surface area contributed by atoms with E-state index in [-0.39, 0.29) is 0 Å². The molecule has 1 aromatic carbocycles. The third kappa shape index (κ3) is 1.30. The van der Waals surface area contributed by atoms with Crippen LogP contribution in [0.2, 0.25) is 0 Å². The first kappa shape index (κ1) is 5.84. The second-order valence-corrected chi connectivity index (χ2v) is 1.89. The number of nitriles is 1. The second-order valence-electron chi connectivity index (χ2n) is 1.89. The summed E-state index contributed by atoms with van der Waals surface area (Å²) < 4.78 is 0. The fourth-order valence-electron chi connectivity index (χ4n) is 0.645. The number of nitrogens with zero attached hydrogens (tertiary/aromatic N) is 1. The minimum Gasteiger partial charge on any atom is -0.262 e. The summed E-state index contributed by atoms with van der Waals surface area (Å²) in [4.78, 5) is 0. The molecule has 0 atom stereocenters. The van der Waals surface area contributed by atoms with Crippen LogP contribution in [-0.4, -0.2) is 0 Å². The van der Waals surface area contributed by atoms with E-state index in [1.807, 2.05) is 19.1 Å². The molecule has 1 heteroatoms. The Kier molecular flexibility index (Phi) is 1.51. The highest BCUT2D eigenvalue weighted by atomic mass is 14.2. The van der Waals surface area contributed by atoms with Crippen molar-refractivity contribution >= 4 is 0 Å². The van der Waals surface area contributed by atoms with Crippen molar-refractivity contribution in [1.82, 2.24) is 0 Å². The highest BCUT2D eigenvalue weighted by Gasteiger charge is 1.76. The third-order valence-electron chi connectivity index (χ3n) is 1.08. The Labute approximate surface area is 54.6 Å². The van der Waals surface area contributed by atoms with Crippen molar-refractivity contribution in [3.05, 3.63) is 35.4 Å². The largest absolute Gasteiger partial charge is 0.262 e. The standard InChI is InChI=1S/C8H6N/c1-7-3-2-4-8(5-7)6-9/h2-3,5H,1H3/q-1. The zero-order valence-corrected chi connectivity index (χ0v) is 5.18. The lowest BCUT2D eigenvalue weighted by atomic mass is 10.2. The lowest BCUT2D eigenvalue weighted by Crippen LogP contribution is -1.74. The van der Waals surface area contributed by atoms with Crippen LogP contribution in [0.15, 0.2) is 18.2 Å². The highest BCUT2D eigenvalue weighted by molar-refractivity contribution is 5.30. The molecule has 0 heterocycles. The maximum absolute atomic E-state index is 8.38. The smallest absolute Gasteiger partial charge is 0.0282 e. The minimum atomic E-state index is 0.606. The van der Waals surface area contributed by atoms with Gasteiger partial charge in [0, 0.05) is 0 Å². The molecule has 1 nitrogen and oxygen atoms in total. The third-order valence-corrected chi connectivity index (χ3v) is 1.08. The number of hydrogen-bond acceptors (Lipinski definition) is 1. The first-order chi connectivity index (χ1) is 4.33. The Bertz CT molecular complexity index is 245. The topological polar surface area (TPSA) is 23.8 Å². The first-order valence-corrected chi connectivity index (χ1v) is 2.71. The highest BCUT2D eigenvalue weighted by Crippen LogP contribution is 1.99. The molecule has 44 valence electrons. The molecule has 0 saturated carbocycles. The lowest BCUT2D eigenvalue weighted by Gasteiger charge is -1.98. The minimum absolute atomic E-state index is 0.606. The van der Waals surface area contributed by atoms with Crippen molar-refractivity contribution in [3.8, 4) is 6.07 Å². The molecule has 0 aliphatic carbocycles. The Morgan fingerprint density at radius 2 is 2.44 bits per heavy atom. The van der Waals surface area contributed by atoms with Crippen molar-refractivity contribution in [2.45, 2.75) is 6.92 Å². The van der Waals surface area contributed by atoms with E-state index in [1.165, 1.54) is 0 Å². The van der Waals surface area contributed by atoms with Gasteiger partial charge in [-0.3, -0.25) is 5.26 Å². The number of rotatable bonds is 0. The molecular weight excluding hydrogens is 110 g/mol. The van der Waals surface area contributed by atoms with Crippen molar-refractivity contribution < 1.29 is 0 Å². The molecule has 0 radical (unpaired) electrons. The molecule has 0 aromatic heterocycles. The van der Waals surface area contributed by atoms with Crippen LogP contribution in [0.5, 0.6) is 0 Å². The molecule has 0 saturated heterocycles. The molecular formula is C8H6N-. The van der Waals surface area contributed by atoms with Gasteiger partial charge in [0.2, 0.25) is 0 Å². The van der Waals surface area contributed by atoms with Crippen LogP contribution in [0.4, 0.5) is 0 Å². The lowest BCUT2D eigenvalue weighted by molar-refractivity contribution is 1.42. The van der Waals surface area contributed by atoms with Gasteiger partial charge < -0.3 is 0 Å². The fraction of sp³-hybridized carbons (Fsp3) is 0.125. The first-order valence-electron chi connectivity index (χ1n) is 2.71. The molecule has 0 N–H and O–H groups in total. The monoisotopic (exact) mass is 116 g/mol. The summed E-state index contributed by atoms with van der Waals surface area (Å²) in [7, 11) is 0. The van der Waals surface area contributed by atoms with Gasteiger partial charge in [-0.15, -0.1) is 29.8 Å². The van der Waals surface area contributed by atoms with Crippen LogP contribution in [0, 0.1) is 24.3 Å². The van der Waals surface area contributed by atoms with E-state index < -0.39 is 0 Å². The quantitative estimate of drug-likeness (QED) is 0.473. The summed E-state index contributed by atoms with van der Waals surface area (Å²) in [5, 5.41) is 8.38. The summed E-state index contributed by atoms with van der Waals surface area (Å²) in [5.41, 5.74) is 1.71. The molecule has 1 aromatic rings. The van der Waals surface area contributed by atoms with E-state index in [2.05, 4.69) is 6.07 Å². The molecule has 0 spiro atoms. The molecule has 0 fully saturated rings. The molecule has 1 rings (SSSR count). The molecule has 0 aliphatic rings. The van der Waals surface area contributed by atoms with Crippen LogP contribution in [0.1, 0.15) is 11.1 Å². The summed E-state index contributed by atoms with van der Waals surface area (Å²) in [6.07, 6.45) is 0. The second kappa shape index (κ2) is 2.32. The molecule has 0 aliphatic heterocycles. The van der Waals surface area contributed by atoms with Crippen molar-refractivity contribution in [3.63, 3.8) is 0 Å². The van der Waals surface area contributed by atoms with Crippen LogP contribution in [-0.2, 0) is 0 Å². The van der Waals surface area contributed by atoms with Crippen molar-refractivity contribution in [1.29, 1.82) is 5.26 Å². The molecule has 9 heavy (non-hydrogen) atoms. The maximum atomic E-state index is 8.38. The van der Waals surface area contributed by atoms with Gasteiger partial charge in [-0.1, -0.05) is 12.5 Å². The van der Waals surface area contributed by atoms with Crippen molar-refractivity contribution in [2.24, 2.45) is 0 Å². The van der Waals surface area contributed by atoms with Crippen LogP contribution in [0.25, 0.3) is 0 Å². The molecule has 0 unspecified atom stereocenters. The Morgan fingerprint density at radius 3 is 2.89 bits per heavy atom. The number of hydrogen-bond donors (Lipinski definition) is 0. The summed E-state index contributed by atoms with van der Waals surface area (Å²) in [6, 6.07) is 10.3. The van der Waals surface area contributed by atoms with E-state index in [4.69, 9.17) is 5.26 Å². The summed E-state index contributed by atoms with van der Waals surface area (Å²) in [6.45, 7) is 1.95. The normalized spacial score (nSPS) is 8.44. The van der Waals surface area contributed by atoms with Gasteiger partial charge in [0.15, 0.2) is 0 Å². The average Bonchev–Trinajstić information content (AvgIpc) is 1.88. The Morgan fingerprint density at radius 1 is 1.67 bits per heavy atom. The zero-order chi connectivity index (χ0) is 6.69.